The number of hydrogen-bond donors (Lipinski definition) is 1. The topological polar surface area (TPSA) is 58.6 Å². The van der Waals surface area contributed by atoms with Gasteiger partial charge in [-0.1, -0.05) is 29.8 Å². The van der Waals surface area contributed by atoms with Crippen molar-refractivity contribution in [3.8, 4) is 0 Å². The molecular formula is C16H22N2O3. The van der Waals surface area contributed by atoms with Gasteiger partial charge in [-0.15, -0.1) is 0 Å². The lowest BCUT2D eigenvalue weighted by atomic mass is 10.0. The van der Waals surface area contributed by atoms with Gasteiger partial charge in [-0.05, 0) is 25.3 Å². The van der Waals surface area contributed by atoms with Crippen LogP contribution in [0.25, 0.3) is 0 Å². The molecule has 0 radical (unpaired) electrons. The molecule has 1 aromatic carbocycles. The summed E-state index contributed by atoms with van der Waals surface area (Å²) in [6.45, 7) is 3.39. The van der Waals surface area contributed by atoms with Crippen molar-refractivity contribution in [2.45, 2.75) is 32.2 Å². The molecule has 0 aliphatic carbocycles. The predicted molar refractivity (Wildman–Crippen MR) is 80.0 cm³/mol. The van der Waals surface area contributed by atoms with Gasteiger partial charge in [-0.3, -0.25) is 4.79 Å². The first-order chi connectivity index (χ1) is 10.1. The van der Waals surface area contributed by atoms with Gasteiger partial charge in [0.05, 0.1) is 13.5 Å². The molecule has 1 fully saturated rings. The maximum Gasteiger partial charge on any atom is 0.407 e. The van der Waals surface area contributed by atoms with Crippen LogP contribution in [0.3, 0.4) is 0 Å². The smallest absolute Gasteiger partial charge is 0.407 e. The molecule has 1 saturated heterocycles. The van der Waals surface area contributed by atoms with E-state index in [1.54, 1.807) is 0 Å². The molecule has 5 heteroatoms. The van der Waals surface area contributed by atoms with Gasteiger partial charge >= 0.3 is 6.09 Å². The van der Waals surface area contributed by atoms with E-state index in [1.807, 2.05) is 36.1 Å². The van der Waals surface area contributed by atoms with Crippen LogP contribution < -0.4 is 5.32 Å². The van der Waals surface area contributed by atoms with Gasteiger partial charge in [0.1, 0.15) is 0 Å². The first-order valence-corrected chi connectivity index (χ1v) is 7.26. The van der Waals surface area contributed by atoms with Crippen LogP contribution in [0.4, 0.5) is 4.79 Å². The van der Waals surface area contributed by atoms with E-state index < -0.39 is 6.09 Å². The van der Waals surface area contributed by atoms with Crippen LogP contribution in [0.2, 0.25) is 0 Å². The normalized spacial score (nSPS) is 15.6. The van der Waals surface area contributed by atoms with Crippen LogP contribution in [0.15, 0.2) is 24.3 Å². The Kier molecular flexibility index (Phi) is 5.20. The van der Waals surface area contributed by atoms with E-state index in [9.17, 15) is 9.59 Å². The molecule has 5 nitrogen and oxygen atoms in total. The fraction of sp³-hybridized carbons (Fsp3) is 0.500. The zero-order valence-electron chi connectivity index (χ0n) is 12.6. The lowest BCUT2D eigenvalue weighted by molar-refractivity contribution is -0.131. The Morgan fingerprint density at radius 3 is 2.43 bits per heavy atom. The summed E-state index contributed by atoms with van der Waals surface area (Å²) in [5.74, 6) is 0.148. The van der Waals surface area contributed by atoms with Crippen LogP contribution in [-0.2, 0) is 16.0 Å². The molecule has 2 amide bonds. The maximum absolute atomic E-state index is 12.3. The molecule has 1 heterocycles. The third kappa shape index (κ3) is 4.48. The summed E-state index contributed by atoms with van der Waals surface area (Å²) >= 11 is 0. The zero-order valence-corrected chi connectivity index (χ0v) is 12.6. The Hall–Kier alpha value is -2.04. The second-order valence-electron chi connectivity index (χ2n) is 5.45. The molecule has 0 aromatic heterocycles. The third-order valence-electron chi connectivity index (χ3n) is 3.83. The average Bonchev–Trinajstić information content (AvgIpc) is 2.50. The summed E-state index contributed by atoms with van der Waals surface area (Å²) in [6, 6.07) is 8.14. The van der Waals surface area contributed by atoms with E-state index in [0.717, 1.165) is 18.4 Å². The summed E-state index contributed by atoms with van der Waals surface area (Å²) in [5, 5.41) is 2.78. The Bertz CT molecular complexity index is 491. The number of likely N-dealkylation sites (tertiary alicyclic amines) is 1. The largest absolute Gasteiger partial charge is 0.453 e. The molecule has 0 unspecified atom stereocenters. The van der Waals surface area contributed by atoms with E-state index in [0.29, 0.717) is 19.5 Å². The molecule has 0 atom stereocenters. The first kappa shape index (κ1) is 15.4. The summed E-state index contributed by atoms with van der Waals surface area (Å²) in [5.41, 5.74) is 2.24. The van der Waals surface area contributed by atoms with Gasteiger partial charge in [0.2, 0.25) is 5.91 Å². The third-order valence-corrected chi connectivity index (χ3v) is 3.83. The van der Waals surface area contributed by atoms with Crippen molar-refractivity contribution in [1.29, 1.82) is 0 Å². The van der Waals surface area contributed by atoms with Crippen molar-refractivity contribution in [2.75, 3.05) is 20.2 Å². The monoisotopic (exact) mass is 290 g/mol. The van der Waals surface area contributed by atoms with E-state index in [2.05, 4.69) is 10.1 Å². The van der Waals surface area contributed by atoms with Crippen molar-refractivity contribution in [3.63, 3.8) is 0 Å². The van der Waals surface area contributed by atoms with E-state index in [1.165, 1.54) is 12.7 Å². The number of amides is 2. The van der Waals surface area contributed by atoms with Gasteiger partial charge in [-0.2, -0.15) is 0 Å². The molecule has 1 N–H and O–H groups in total. The molecule has 0 bridgehead atoms. The van der Waals surface area contributed by atoms with Crippen LogP contribution >= 0.6 is 0 Å². The van der Waals surface area contributed by atoms with Crippen molar-refractivity contribution in [1.82, 2.24) is 10.2 Å². The summed E-state index contributed by atoms with van der Waals surface area (Å²) < 4.78 is 4.59. The van der Waals surface area contributed by atoms with Crippen molar-refractivity contribution >= 4 is 12.0 Å². The quantitative estimate of drug-likeness (QED) is 0.924. The zero-order chi connectivity index (χ0) is 15.2. The standard InChI is InChI=1S/C16H22N2O3/c1-12-3-5-13(6-4-12)11-15(19)18-9-7-14(8-10-18)17-16(20)21-2/h3-6,14H,7-11H2,1-2H3,(H,17,20). The summed E-state index contributed by atoms with van der Waals surface area (Å²) in [6.07, 6.45) is 1.58. The lowest BCUT2D eigenvalue weighted by Gasteiger charge is -2.32. The number of hydrogen-bond acceptors (Lipinski definition) is 3. The van der Waals surface area contributed by atoms with E-state index in [-0.39, 0.29) is 11.9 Å². The van der Waals surface area contributed by atoms with Gasteiger partial charge < -0.3 is 15.0 Å². The van der Waals surface area contributed by atoms with Crippen LogP contribution in [0.1, 0.15) is 24.0 Å². The molecule has 1 aliphatic heterocycles. The highest BCUT2D eigenvalue weighted by Crippen LogP contribution is 2.13. The fourth-order valence-corrected chi connectivity index (χ4v) is 2.49. The highest BCUT2D eigenvalue weighted by molar-refractivity contribution is 5.79. The number of ether oxygens (including phenoxy) is 1. The summed E-state index contributed by atoms with van der Waals surface area (Å²) in [4.78, 5) is 25.3. The van der Waals surface area contributed by atoms with Gasteiger partial charge in [0.25, 0.3) is 0 Å². The second-order valence-corrected chi connectivity index (χ2v) is 5.45. The number of nitrogens with one attached hydrogen (secondary N) is 1. The summed E-state index contributed by atoms with van der Waals surface area (Å²) in [7, 11) is 1.36. The van der Waals surface area contributed by atoms with Gasteiger partial charge in [0, 0.05) is 19.1 Å². The predicted octanol–water partition coefficient (Wildman–Crippen LogP) is 1.88. The number of piperidine rings is 1. The number of carbonyl (C=O) groups excluding carboxylic acids is 2. The van der Waals surface area contributed by atoms with Crippen molar-refractivity contribution in [2.24, 2.45) is 0 Å². The molecule has 2 rings (SSSR count). The lowest BCUT2D eigenvalue weighted by Crippen LogP contribution is -2.46. The van der Waals surface area contributed by atoms with Crippen molar-refractivity contribution < 1.29 is 14.3 Å². The molecule has 21 heavy (non-hydrogen) atoms. The number of rotatable bonds is 3. The average molecular weight is 290 g/mol. The molecule has 0 saturated carbocycles. The first-order valence-electron chi connectivity index (χ1n) is 7.26. The number of aryl methyl sites for hydroxylation is 1. The second kappa shape index (κ2) is 7.11. The molecule has 114 valence electrons. The number of alkyl carbamates (subject to hydrolysis) is 1. The highest BCUT2D eigenvalue weighted by Gasteiger charge is 2.23. The molecule has 1 aliphatic rings. The number of nitrogens with zero attached hydrogens (tertiary/aromatic N) is 1. The van der Waals surface area contributed by atoms with E-state index in [4.69, 9.17) is 0 Å². The molecule has 0 spiro atoms. The number of methoxy groups -OCH3 is 1. The Morgan fingerprint density at radius 2 is 1.86 bits per heavy atom. The van der Waals surface area contributed by atoms with E-state index >= 15 is 0 Å². The molecular weight excluding hydrogens is 268 g/mol. The molecule has 1 aromatic rings. The maximum atomic E-state index is 12.3. The van der Waals surface area contributed by atoms with Gasteiger partial charge in [0.15, 0.2) is 0 Å². The Morgan fingerprint density at radius 1 is 1.24 bits per heavy atom. The fourth-order valence-electron chi connectivity index (χ4n) is 2.49. The van der Waals surface area contributed by atoms with Crippen LogP contribution in [0, 0.1) is 6.92 Å². The minimum atomic E-state index is -0.403. The van der Waals surface area contributed by atoms with Crippen LogP contribution in [-0.4, -0.2) is 43.1 Å². The highest BCUT2D eigenvalue weighted by atomic mass is 16.5. The Balaban J connectivity index is 1.80. The van der Waals surface area contributed by atoms with Gasteiger partial charge in [-0.25, -0.2) is 4.79 Å². The van der Waals surface area contributed by atoms with Crippen LogP contribution in [0.5, 0.6) is 0 Å². The minimum Gasteiger partial charge on any atom is -0.453 e. The number of carbonyl (C=O) groups is 2. The number of benzene rings is 1. The van der Waals surface area contributed by atoms with Crippen molar-refractivity contribution in [3.05, 3.63) is 35.4 Å². The minimum absolute atomic E-state index is 0.0980. The SMILES string of the molecule is COC(=O)NC1CCN(C(=O)Cc2ccc(C)cc2)CC1. The Labute approximate surface area is 125 Å².